The van der Waals surface area contributed by atoms with Gasteiger partial charge in [0, 0.05) is 31.3 Å². The molecule has 0 bridgehead atoms. The van der Waals surface area contributed by atoms with Crippen LogP contribution >= 0.6 is 0 Å². The van der Waals surface area contributed by atoms with Crippen molar-refractivity contribution in [2.45, 2.75) is 33.6 Å². The van der Waals surface area contributed by atoms with Gasteiger partial charge in [-0.3, -0.25) is 9.59 Å². The van der Waals surface area contributed by atoms with Gasteiger partial charge in [-0.2, -0.15) is 5.26 Å². The molecule has 0 atom stereocenters. The van der Waals surface area contributed by atoms with Crippen LogP contribution in [0.15, 0.2) is 42.5 Å². The van der Waals surface area contributed by atoms with Crippen molar-refractivity contribution in [3.05, 3.63) is 59.2 Å². The van der Waals surface area contributed by atoms with Gasteiger partial charge in [0.25, 0.3) is 0 Å². The SMILES string of the molecule is CCc1cccc(C)c1N(CCC(=O)Nc1ccc(C#N)cc1)C(C)=O. The van der Waals surface area contributed by atoms with Gasteiger partial charge in [-0.1, -0.05) is 25.1 Å². The highest BCUT2D eigenvalue weighted by Gasteiger charge is 2.18. The highest BCUT2D eigenvalue weighted by molar-refractivity contribution is 5.95. The van der Waals surface area contributed by atoms with E-state index in [4.69, 9.17) is 5.26 Å². The van der Waals surface area contributed by atoms with E-state index in [1.165, 1.54) is 6.92 Å². The first-order valence-corrected chi connectivity index (χ1v) is 8.62. The minimum Gasteiger partial charge on any atom is -0.326 e. The van der Waals surface area contributed by atoms with Crippen LogP contribution in [0.1, 0.15) is 37.0 Å². The van der Waals surface area contributed by atoms with Crippen molar-refractivity contribution in [1.29, 1.82) is 5.26 Å². The first-order valence-electron chi connectivity index (χ1n) is 8.62. The van der Waals surface area contributed by atoms with Crippen LogP contribution in [0.25, 0.3) is 0 Å². The number of carbonyl (C=O) groups excluding carboxylic acids is 2. The molecule has 26 heavy (non-hydrogen) atoms. The van der Waals surface area contributed by atoms with Crippen LogP contribution in [0.3, 0.4) is 0 Å². The molecular formula is C21H23N3O2. The Morgan fingerprint density at radius 3 is 2.42 bits per heavy atom. The molecule has 2 amide bonds. The Bertz CT molecular complexity index is 835. The molecule has 0 saturated carbocycles. The minimum absolute atomic E-state index is 0.0832. The van der Waals surface area contributed by atoms with E-state index < -0.39 is 0 Å². The van der Waals surface area contributed by atoms with Gasteiger partial charge in [-0.15, -0.1) is 0 Å². The van der Waals surface area contributed by atoms with E-state index in [0.717, 1.165) is 23.2 Å². The summed E-state index contributed by atoms with van der Waals surface area (Å²) in [4.78, 5) is 26.1. The molecule has 0 aliphatic carbocycles. The lowest BCUT2D eigenvalue weighted by atomic mass is 10.0. The van der Waals surface area contributed by atoms with E-state index in [1.54, 1.807) is 29.2 Å². The summed E-state index contributed by atoms with van der Waals surface area (Å²) in [6.45, 7) is 5.86. The molecule has 0 aromatic heterocycles. The smallest absolute Gasteiger partial charge is 0.226 e. The molecular weight excluding hydrogens is 326 g/mol. The minimum atomic E-state index is -0.174. The molecule has 0 aliphatic heterocycles. The van der Waals surface area contributed by atoms with Crippen LogP contribution in [0.2, 0.25) is 0 Å². The monoisotopic (exact) mass is 349 g/mol. The van der Waals surface area contributed by atoms with Crippen LogP contribution in [0.5, 0.6) is 0 Å². The Hall–Kier alpha value is -3.13. The highest BCUT2D eigenvalue weighted by Crippen LogP contribution is 2.26. The first kappa shape index (κ1) is 19.2. The molecule has 0 radical (unpaired) electrons. The van der Waals surface area contributed by atoms with Crippen LogP contribution in [-0.2, 0) is 16.0 Å². The molecule has 0 saturated heterocycles. The fraction of sp³-hybridized carbons (Fsp3) is 0.286. The maximum absolute atomic E-state index is 12.3. The average Bonchev–Trinajstić information content (AvgIpc) is 2.63. The van der Waals surface area contributed by atoms with Crippen LogP contribution < -0.4 is 10.2 Å². The van der Waals surface area contributed by atoms with Gasteiger partial charge in [0.05, 0.1) is 11.6 Å². The van der Waals surface area contributed by atoms with E-state index in [2.05, 4.69) is 5.32 Å². The van der Waals surface area contributed by atoms with Crippen molar-refractivity contribution in [3.63, 3.8) is 0 Å². The summed E-state index contributed by atoms with van der Waals surface area (Å²) in [5.74, 6) is -0.257. The molecule has 2 aromatic rings. The second-order valence-electron chi connectivity index (χ2n) is 6.09. The third-order valence-electron chi connectivity index (χ3n) is 4.21. The van der Waals surface area contributed by atoms with Gasteiger partial charge in [0.1, 0.15) is 0 Å². The van der Waals surface area contributed by atoms with Gasteiger partial charge in [0.2, 0.25) is 11.8 Å². The third kappa shape index (κ3) is 4.70. The Morgan fingerprint density at radius 1 is 1.15 bits per heavy atom. The predicted molar refractivity (Wildman–Crippen MR) is 103 cm³/mol. The van der Waals surface area contributed by atoms with Gasteiger partial charge >= 0.3 is 0 Å². The Labute approximate surface area is 154 Å². The number of nitrogens with one attached hydrogen (secondary N) is 1. The molecule has 5 nitrogen and oxygen atoms in total. The molecule has 0 aliphatic rings. The zero-order valence-electron chi connectivity index (χ0n) is 15.4. The fourth-order valence-corrected chi connectivity index (χ4v) is 2.88. The number of rotatable bonds is 6. The van der Waals surface area contributed by atoms with Gasteiger partial charge in [0.15, 0.2) is 0 Å². The number of amides is 2. The van der Waals surface area contributed by atoms with Crippen LogP contribution in [0, 0.1) is 18.3 Å². The number of anilines is 2. The van der Waals surface area contributed by atoms with E-state index >= 15 is 0 Å². The lowest BCUT2D eigenvalue weighted by Gasteiger charge is -2.25. The normalized spacial score (nSPS) is 10.1. The van der Waals surface area contributed by atoms with Crippen molar-refractivity contribution in [2.75, 3.05) is 16.8 Å². The first-order chi connectivity index (χ1) is 12.5. The number of hydrogen-bond donors (Lipinski definition) is 1. The third-order valence-corrected chi connectivity index (χ3v) is 4.21. The second-order valence-corrected chi connectivity index (χ2v) is 6.09. The summed E-state index contributed by atoms with van der Waals surface area (Å²) >= 11 is 0. The lowest BCUT2D eigenvalue weighted by Crippen LogP contribution is -2.33. The van der Waals surface area contributed by atoms with Gasteiger partial charge < -0.3 is 10.2 Å². The number of nitrogens with zero attached hydrogens (tertiary/aromatic N) is 2. The molecule has 5 heteroatoms. The standard InChI is InChI=1S/C21H23N3O2/c1-4-18-7-5-6-15(2)21(18)24(16(3)25)13-12-20(26)23-19-10-8-17(14-22)9-11-19/h5-11H,4,12-13H2,1-3H3,(H,23,26). The zero-order valence-corrected chi connectivity index (χ0v) is 15.4. The summed E-state index contributed by atoms with van der Waals surface area (Å²) in [6, 6.07) is 14.7. The number of carbonyl (C=O) groups is 2. The Morgan fingerprint density at radius 2 is 1.85 bits per heavy atom. The largest absolute Gasteiger partial charge is 0.326 e. The quantitative estimate of drug-likeness (QED) is 0.862. The molecule has 1 N–H and O–H groups in total. The average molecular weight is 349 g/mol. The number of para-hydroxylation sites is 1. The summed E-state index contributed by atoms with van der Waals surface area (Å²) in [5, 5.41) is 11.6. The summed E-state index contributed by atoms with van der Waals surface area (Å²) < 4.78 is 0. The molecule has 0 heterocycles. The van der Waals surface area contributed by atoms with Crippen molar-refractivity contribution >= 4 is 23.2 Å². The number of hydrogen-bond acceptors (Lipinski definition) is 3. The van der Waals surface area contributed by atoms with Crippen LogP contribution in [-0.4, -0.2) is 18.4 Å². The van der Waals surface area contributed by atoms with E-state index in [9.17, 15) is 9.59 Å². The number of aryl methyl sites for hydroxylation is 2. The van der Waals surface area contributed by atoms with Gasteiger partial charge in [-0.25, -0.2) is 0 Å². The van der Waals surface area contributed by atoms with E-state index in [-0.39, 0.29) is 18.2 Å². The summed E-state index contributed by atoms with van der Waals surface area (Å²) in [6.07, 6.45) is 1.01. The Balaban J connectivity index is 2.08. The maximum Gasteiger partial charge on any atom is 0.226 e. The topological polar surface area (TPSA) is 73.2 Å². The summed E-state index contributed by atoms with van der Waals surface area (Å²) in [7, 11) is 0. The van der Waals surface area contributed by atoms with Crippen molar-refractivity contribution in [1.82, 2.24) is 0 Å². The molecule has 0 unspecified atom stereocenters. The molecule has 0 fully saturated rings. The van der Waals surface area contributed by atoms with E-state index in [1.807, 2.05) is 38.1 Å². The molecule has 0 spiro atoms. The fourth-order valence-electron chi connectivity index (χ4n) is 2.88. The number of benzene rings is 2. The number of nitriles is 1. The zero-order chi connectivity index (χ0) is 19.1. The Kier molecular flexibility index (Phi) is 6.51. The molecule has 134 valence electrons. The van der Waals surface area contributed by atoms with Gasteiger partial charge in [-0.05, 0) is 48.7 Å². The van der Waals surface area contributed by atoms with E-state index in [0.29, 0.717) is 17.8 Å². The molecule has 2 rings (SSSR count). The maximum atomic E-state index is 12.3. The predicted octanol–water partition coefficient (Wildman–Crippen LogP) is 3.81. The van der Waals surface area contributed by atoms with Crippen molar-refractivity contribution in [2.24, 2.45) is 0 Å². The van der Waals surface area contributed by atoms with Crippen molar-refractivity contribution in [3.8, 4) is 6.07 Å². The highest BCUT2D eigenvalue weighted by atomic mass is 16.2. The lowest BCUT2D eigenvalue weighted by molar-refractivity contribution is -0.117. The summed E-state index contributed by atoms with van der Waals surface area (Å²) in [5.41, 5.74) is 4.18. The van der Waals surface area contributed by atoms with Crippen LogP contribution in [0.4, 0.5) is 11.4 Å². The molecule has 2 aromatic carbocycles. The van der Waals surface area contributed by atoms with Crippen molar-refractivity contribution < 1.29 is 9.59 Å². The second kappa shape index (κ2) is 8.82.